The summed E-state index contributed by atoms with van der Waals surface area (Å²) in [5, 5.41) is 16.3. The number of nitrogens with zero attached hydrogens (tertiary/aromatic N) is 1. The highest BCUT2D eigenvalue weighted by atomic mass is 16.5. The van der Waals surface area contributed by atoms with Crippen LogP contribution in [0.3, 0.4) is 0 Å². The molecule has 0 spiro atoms. The lowest BCUT2D eigenvalue weighted by Gasteiger charge is -2.28. The molecular weight excluding hydrogens is 266 g/mol. The SMILES string of the molecule is CCNC(=NCC(CC)(CC)CO)NCC1(C)CCCO1. The fourth-order valence-electron chi connectivity index (χ4n) is 2.58. The average molecular weight is 299 g/mol. The van der Waals surface area contributed by atoms with Crippen LogP contribution in [0, 0.1) is 5.41 Å². The maximum absolute atomic E-state index is 9.63. The highest BCUT2D eigenvalue weighted by Crippen LogP contribution is 2.26. The molecule has 1 aliphatic heterocycles. The molecule has 0 aromatic heterocycles. The molecule has 5 nitrogen and oxygen atoms in total. The summed E-state index contributed by atoms with van der Waals surface area (Å²) in [4.78, 5) is 4.67. The van der Waals surface area contributed by atoms with Gasteiger partial charge in [-0.3, -0.25) is 4.99 Å². The molecule has 0 bridgehead atoms. The van der Waals surface area contributed by atoms with E-state index < -0.39 is 0 Å². The summed E-state index contributed by atoms with van der Waals surface area (Å²) in [6.07, 6.45) is 4.09. The number of aliphatic hydroxyl groups is 1. The van der Waals surface area contributed by atoms with Gasteiger partial charge in [0, 0.05) is 25.1 Å². The zero-order valence-electron chi connectivity index (χ0n) is 14.2. The van der Waals surface area contributed by atoms with E-state index in [2.05, 4.69) is 43.3 Å². The van der Waals surface area contributed by atoms with Crippen molar-refractivity contribution in [3.63, 3.8) is 0 Å². The van der Waals surface area contributed by atoms with Gasteiger partial charge in [0.05, 0.1) is 18.8 Å². The third-order valence-corrected chi connectivity index (χ3v) is 4.68. The van der Waals surface area contributed by atoms with Crippen molar-refractivity contribution in [3.8, 4) is 0 Å². The van der Waals surface area contributed by atoms with Gasteiger partial charge in [0.2, 0.25) is 0 Å². The maximum Gasteiger partial charge on any atom is 0.191 e. The highest BCUT2D eigenvalue weighted by molar-refractivity contribution is 5.79. The summed E-state index contributed by atoms with van der Waals surface area (Å²) in [7, 11) is 0. The van der Waals surface area contributed by atoms with Gasteiger partial charge in [-0.2, -0.15) is 0 Å². The summed E-state index contributed by atoms with van der Waals surface area (Å²) >= 11 is 0. The number of hydrogen-bond donors (Lipinski definition) is 3. The van der Waals surface area contributed by atoms with Gasteiger partial charge in [0.1, 0.15) is 0 Å². The Morgan fingerprint density at radius 1 is 1.29 bits per heavy atom. The van der Waals surface area contributed by atoms with Gasteiger partial charge in [-0.15, -0.1) is 0 Å². The molecule has 0 aromatic carbocycles. The average Bonchev–Trinajstić information content (AvgIpc) is 2.94. The first-order valence-electron chi connectivity index (χ1n) is 8.30. The molecule has 1 heterocycles. The monoisotopic (exact) mass is 299 g/mol. The van der Waals surface area contributed by atoms with Crippen LogP contribution in [0.2, 0.25) is 0 Å². The molecule has 124 valence electrons. The molecule has 5 heteroatoms. The van der Waals surface area contributed by atoms with Crippen LogP contribution in [0.25, 0.3) is 0 Å². The summed E-state index contributed by atoms with van der Waals surface area (Å²) < 4.78 is 5.79. The molecule has 1 saturated heterocycles. The Morgan fingerprint density at radius 2 is 2.00 bits per heavy atom. The second kappa shape index (κ2) is 8.59. The highest BCUT2D eigenvalue weighted by Gasteiger charge is 2.30. The number of hydrogen-bond acceptors (Lipinski definition) is 3. The maximum atomic E-state index is 9.63. The zero-order chi connectivity index (χ0) is 15.8. The summed E-state index contributed by atoms with van der Waals surface area (Å²) in [5.41, 5.74) is -0.185. The van der Waals surface area contributed by atoms with E-state index in [1.165, 1.54) is 0 Å². The smallest absolute Gasteiger partial charge is 0.191 e. The summed E-state index contributed by atoms with van der Waals surface area (Å²) in [5.74, 6) is 0.814. The van der Waals surface area contributed by atoms with E-state index >= 15 is 0 Å². The van der Waals surface area contributed by atoms with Crippen molar-refractivity contribution in [1.82, 2.24) is 10.6 Å². The van der Waals surface area contributed by atoms with Gasteiger partial charge < -0.3 is 20.5 Å². The normalized spacial score (nSPS) is 23.4. The molecule has 0 radical (unpaired) electrons. The van der Waals surface area contributed by atoms with E-state index in [4.69, 9.17) is 4.74 Å². The lowest BCUT2D eigenvalue weighted by Crippen LogP contribution is -2.46. The van der Waals surface area contributed by atoms with Crippen LogP contribution in [-0.4, -0.2) is 49.5 Å². The van der Waals surface area contributed by atoms with E-state index in [0.717, 1.165) is 51.3 Å². The quantitative estimate of drug-likeness (QED) is 0.473. The first kappa shape index (κ1) is 18.2. The van der Waals surface area contributed by atoms with Gasteiger partial charge in [-0.05, 0) is 39.5 Å². The Kier molecular flexibility index (Phi) is 7.46. The standard InChI is InChI=1S/C16H33N3O2/c1-5-16(6-2,13-20)12-19-14(17-7-3)18-11-15(4)9-8-10-21-15/h20H,5-13H2,1-4H3,(H2,17,18,19). The molecule has 1 aliphatic rings. The Balaban J connectivity index is 2.60. The minimum absolute atomic E-state index is 0.0836. The van der Waals surface area contributed by atoms with Crippen LogP contribution in [0.15, 0.2) is 4.99 Å². The van der Waals surface area contributed by atoms with Crippen LogP contribution in [0.4, 0.5) is 0 Å². The fraction of sp³-hybridized carbons (Fsp3) is 0.938. The summed E-state index contributed by atoms with van der Waals surface area (Å²) in [6.45, 7) is 11.7. The van der Waals surface area contributed by atoms with E-state index in [-0.39, 0.29) is 17.6 Å². The van der Waals surface area contributed by atoms with Crippen LogP contribution in [-0.2, 0) is 4.74 Å². The van der Waals surface area contributed by atoms with Crippen LogP contribution < -0.4 is 10.6 Å². The van der Waals surface area contributed by atoms with Gasteiger partial charge in [0.15, 0.2) is 5.96 Å². The molecule has 3 N–H and O–H groups in total. The largest absolute Gasteiger partial charge is 0.396 e. The topological polar surface area (TPSA) is 65.9 Å². The molecule has 1 fully saturated rings. The van der Waals surface area contributed by atoms with Gasteiger partial charge in [-0.1, -0.05) is 13.8 Å². The summed E-state index contributed by atoms with van der Waals surface area (Å²) in [6, 6.07) is 0. The first-order valence-corrected chi connectivity index (χ1v) is 8.30. The first-order chi connectivity index (χ1) is 10.0. The van der Waals surface area contributed by atoms with Crippen molar-refractivity contribution in [2.45, 2.75) is 59.0 Å². The number of aliphatic hydroxyl groups excluding tert-OH is 1. The second-order valence-corrected chi connectivity index (χ2v) is 6.32. The van der Waals surface area contributed by atoms with Crippen molar-refractivity contribution in [2.24, 2.45) is 10.4 Å². The van der Waals surface area contributed by atoms with Crippen molar-refractivity contribution in [3.05, 3.63) is 0 Å². The number of nitrogens with one attached hydrogen (secondary N) is 2. The fourth-order valence-corrected chi connectivity index (χ4v) is 2.58. The van der Waals surface area contributed by atoms with E-state index in [1.807, 2.05) is 0 Å². The predicted octanol–water partition coefficient (Wildman–Crippen LogP) is 1.91. The minimum atomic E-state index is -0.101. The molecule has 0 amide bonds. The van der Waals surface area contributed by atoms with E-state index in [1.54, 1.807) is 0 Å². The molecule has 0 aliphatic carbocycles. The number of ether oxygens (including phenoxy) is 1. The van der Waals surface area contributed by atoms with Crippen molar-refractivity contribution >= 4 is 5.96 Å². The minimum Gasteiger partial charge on any atom is -0.396 e. The van der Waals surface area contributed by atoms with Crippen molar-refractivity contribution < 1.29 is 9.84 Å². The van der Waals surface area contributed by atoms with Gasteiger partial charge in [0.25, 0.3) is 0 Å². The molecule has 0 saturated carbocycles. The van der Waals surface area contributed by atoms with Crippen molar-refractivity contribution in [2.75, 3.05) is 32.8 Å². The van der Waals surface area contributed by atoms with Crippen molar-refractivity contribution in [1.29, 1.82) is 0 Å². The lowest BCUT2D eigenvalue weighted by molar-refractivity contribution is 0.0242. The van der Waals surface area contributed by atoms with Crippen LogP contribution in [0.1, 0.15) is 53.4 Å². The molecular formula is C16H33N3O2. The number of guanidine groups is 1. The van der Waals surface area contributed by atoms with E-state index in [9.17, 15) is 5.11 Å². The second-order valence-electron chi connectivity index (χ2n) is 6.32. The third kappa shape index (κ3) is 5.47. The Hall–Kier alpha value is -0.810. The number of aliphatic imine (C=N–C) groups is 1. The molecule has 0 aromatic rings. The number of rotatable bonds is 8. The van der Waals surface area contributed by atoms with Gasteiger partial charge >= 0.3 is 0 Å². The molecule has 1 rings (SSSR count). The third-order valence-electron chi connectivity index (χ3n) is 4.68. The Labute approximate surface area is 129 Å². The molecule has 21 heavy (non-hydrogen) atoms. The van der Waals surface area contributed by atoms with Crippen LogP contribution in [0.5, 0.6) is 0 Å². The van der Waals surface area contributed by atoms with Crippen LogP contribution >= 0.6 is 0 Å². The van der Waals surface area contributed by atoms with Gasteiger partial charge in [-0.25, -0.2) is 0 Å². The molecule has 1 unspecified atom stereocenters. The lowest BCUT2D eigenvalue weighted by atomic mass is 9.83. The molecule has 1 atom stereocenters. The Bertz CT molecular complexity index is 313. The Morgan fingerprint density at radius 3 is 2.48 bits per heavy atom. The van der Waals surface area contributed by atoms with E-state index in [0.29, 0.717) is 6.54 Å². The predicted molar refractivity (Wildman–Crippen MR) is 87.7 cm³/mol. The zero-order valence-corrected chi connectivity index (χ0v) is 14.2.